The Kier molecular flexibility index (Phi) is 3.00. The van der Waals surface area contributed by atoms with Crippen molar-refractivity contribution in [2.45, 2.75) is 62.4 Å². The average Bonchev–Trinajstić information content (AvgIpc) is 2.82. The second-order valence-electron chi connectivity index (χ2n) is 7.39. The van der Waals surface area contributed by atoms with E-state index in [0.29, 0.717) is 25.7 Å². The molecule has 6 nitrogen and oxygen atoms in total. The summed E-state index contributed by atoms with van der Waals surface area (Å²) in [6, 6.07) is 0. The van der Waals surface area contributed by atoms with Crippen molar-refractivity contribution in [3.05, 3.63) is 0 Å². The number of aliphatic hydroxyl groups excluding tert-OH is 2. The number of fused-ring (bicyclic) bond motifs is 3. The van der Waals surface area contributed by atoms with Gasteiger partial charge in [0.05, 0.1) is 19.3 Å². The van der Waals surface area contributed by atoms with Crippen LogP contribution in [-0.2, 0) is 19.1 Å². The van der Waals surface area contributed by atoms with Crippen LogP contribution in [0.5, 0.6) is 0 Å². The number of hydrogen-bond acceptors (Lipinski definition) is 6. The summed E-state index contributed by atoms with van der Waals surface area (Å²) in [5.41, 5.74) is -1.87. The van der Waals surface area contributed by atoms with Crippen molar-refractivity contribution in [1.82, 2.24) is 0 Å². The maximum atomic E-state index is 12.6. The first-order chi connectivity index (χ1) is 10.4. The van der Waals surface area contributed by atoms with Crippen LogP contribution in [0, 0.1) is 17.3 Å². The third-order valence-corrected chi connectivity index (χ3v) is 6.66. The molecule has 0 radical (unpaired) electrons. The van der Waals surface area contributed by atoms with E-state index in [1.807, 2.05) is 0 Å². The number of ketones is 1. The van der Waals surface area contributed by atoms with E-state index < -0.39 is 41.2 Å². The lowest BCUT2D eigenvalue weighted by Crippen LogP contribution is -2.65. The molecule has 122 valence electrons. The molecule has 0 amide bonds. The van der Waals surface area contributed by atoms with Gasteiger partial charge in [0, 0.05) is 17.8 Å². The van der Waals surface area contributed by atoms with E-state index in [1.54, 1.807) is 0 Å². The zero-order valence-corrected chi connectivity index (χ0v) is 12.7. The smallest absolute Gasteiger partial charge is 0.338 e. The molecule has 5 rings (SSSR count). The maximum Gasteiger partial charge on any atom is 0.338 e. The van der Waals surface area contributed by atoms with Crippen molar-refractivity contribution in [1.29, 1.82) is 0 Å². The lowest BCUT2D eigenvalue weighted by atomic mass is 9.47. The fourth-order valence-corrected chi connectivity index (χ4v) is 5.72. The molecule has 4 saturated carbocycles. The topological polar surface area (TPSA) is 93.1 Å². The lowest BCUT2D eigenvalue weighted by Gasteiger charge is -2.57. The summed E-state index contributed by atoms with van der Waals surface area (Å²) in [5.74, 6) is -0.920. The van der Waals surface area contributed by atoms with Gasteiger partial charge in [0.15, 0.2) is 11.4 Å². The summed E-state index contributed by atoms with van der Waals surface area (Å²) in [5, 5.41) is 20.9. The van der Waals surface area contributed by atoms with Gasteiger partial charge in [-0.2, -0.15) is 0 Å². The van der Waals surface area contributed by atoms with E-state index in [-0.39, 0.29) is 18.1 Å². The maximum absolute atomic E-state index is 12.6. The van der Waals surface area contributed by atoms with E-state index in [0.717, 1.165) is 6.42 Å². The first kappa shape index (κ1) is 14.6. The molecule has 4 aliphatic carbocycles. The largest absolute Gasteiger partial charge is 0.467 e. The monoisotopic (exact) mass is 310 g/mol. The Morgan fingerprint density at radius 2 is 2.05 bits per heavy atom. The number of methoxy groups -OCH3 is 1. The second-order valence-corrected chi connectivity index (χ2v) is 7.39. The van der Waals surface area contributed by atoms with E-state index in [2.05, 4.69) is 0 Å². The van der Waals surface area contributed by atoms with E-state index in [4.69, 9.17) is 9.47 Å². The minimum atomic E-state index is -1.18. The molecule has 0 aromatic rings. The third-order valence-electron chi connectivity index (χ3n) is 6.66. The molecule has 7 atom stereocenters. The van der Waals surface area contributed by atoms with Crippen molar-refractivity contribution in [2.24, 2.45) is 17.3 Å². The molecular formula is C16H22O6. The zero-order valence-electron chi connectivity index (χ0n) is 12.7. The minimum Gasteiger partial charge on any atom is -0.467 e. The SMILES string of the molecule is COC(=O)[C@@]12C[C@H]3CC[C@@]1(CC3O)[C@H]1[C@H](O)CCC(=O)[C@H]1O2. The number of Topliss-reactive ketones (excluding diaryl/α,β-unsaturated/α-hetero) is 1. The molecule has 2 bridgehead atoms. The molecule has 1 aliphatic heterocycles. The third kappa shape index (κ3) is 1.51. The molecule has 6 heteroatoms. The highest BCUT2D eigenvalue weighted by Crippen LogP contribution is 2.68. The Hall–Kier alpha value is -0.980. The van der Waals surface area contributed by atoms with Crippen molar-refractivity contribution in [3.63, 3.8) is 0 Å². The number of hydrogen-bond donors (Lipinski definition) is 2. The van der Waals surface area contributed by atoms with E-state index in [9.17, 15) is 19.8 Å². The standard InChI is InChI=1S/C16H22O6/c1-21-14(20)16-6-8-4-5-15(16,7-11(8)19)12-9(17)2-3-10(18)13(12)22-16/h8-9,11-13,17,19H,2-7H2,1H3/t8-,9-,11?,12+,13-,15-,16+/m1/s1. The summed E-state index contributed by atoms with van der Waals surface area (Å²) < 4.78 is 11.1. The Balaban J connectivity index is 1.87. The van der Waals surface area contributed by atoms with Crippen molar-refractivity contribution < 1.29 is 29.3 Å². The first-order valence-corrected chi connectivity index (χ1v) is 8.10. The summed E-state index contributed by atoms with van der Waals surface area (Å²) in [6.07, 6.45) is 1.04. The minimum absolute atomic E-state index is 0.00614. The highest BCUT2D eigenvalue weighted by Gasteiger charge is 2.76. The molecule has 1 spiro atoms. The number of carbonyl (C=O) groups is 2. The molecule has 5 fully saturated rings. The first-order valence-electron chi connectivity index (χ1n) is 8.10. The number of carbonyl (C=O) groups excluding carboxylic acids is 2. The fourth-order valence-electron chi connectivity index (χ4n) is 5.72. The summed E-state index contributed by atoms with van der Waals surface area (Å²) in [7, 11) is 1.33. The van der Waals surface area contributed by atoms with Gasteiger partial charge in [-0.25, -0.2) is 4.79 Å². The van der Waals surface area contributed by atoms with Gasteiger partial charge in [0.2, 0.25) is 0 Å². The van der Waals surface area contributed by atoms with Crippen molar-refractivity contribution in [3.8, 4) is 0 Å². The van der Waals surface area contributed by atoms with Crippen LogP contribution in [-0.4, -0.2) is 53.0 Å². The molecule has 1 heterocycles. The Morgan fingerprint density at radius 3 is 2.73 bits per heavy atom. The zero-order chi connectivity index (χ0) is 15.7. The quantitative estimate of drug-likeness (QED) is 0.672. The Morgan fingerprint density at radius 1 is 1.27 bits per heavy atom. The Bertz CT molecular complexity index is 533. The summed E-state index contributed by atoms with van der Waals surface area (Å²) in [6.45, 7) is 0. The van der Waals surface area contributed by atoms with Crippen LogP contribution in [0.25, 0.3) is 0 Å². The molecule has 2 N–H and O–H groups in total. The van der Waals surface area contributed by atoms with E-state index in [1.165, 1.54) is 7.11 Å². The van der Waals surface area contributed by atoms with Gasteiger partial charge in [-0.05, 0) is 38.0 Å². The van der Waals surface area contributed by atoms with Gasteiger partial charge in [0.1, 0.15) is 6.10 Å². The van der Waals surface area contributed by atoms with Crippen LogP contribution in [0.15, 0.2) is 0 Å². The van der Waals surface area contributed by atoms with Crippen LogP contribution in [0.2, 0.25) is 0 Å². The van der Waals surface area contributed by atoms with Crippen LogP contribution in [0.1, 0.15) is 38.5 Å². The molecule has 1 unspecified atom stereocenters. The normalized spacial score (nSPS) is 53.0. The molecular weight excluding hydrogens is 288 g/mol. The molecule has 5 aliphatic rings. The highest BCUT2D eigenvalue weighted by molar-refractivity contribution is 5.89. The van der Waals surface area contributed by atoms with Crippen molar-refractivity contribution >= 4 is 11.8 Å². The van der Waals surface area contributed by atoms with Gasteiger partial charge in [-0.1, -0.05) is 0 Å². The van der Waals surface area contributed by atoms with Crippen LogP contribution >= 0.6 is 0 Å². The van der Waals surface area contributed by atoms with Gasteiger partial charge in [-0.3, -0.25) is 4.79 Å². The van der Waals surface area contributed by atoms with Gasteiger partial charge >= 0.3 is 5.97 Å². The van der Waals surface area contributed by atoms with Crippen LogP contribution in [0.3, 0.4) is 0 Å². The van der Waals surface area contributed by atoms with Gasteiger partial charge in [0.25, 0.3) is 0 Å². The van der Waals surface area contributed by atoms with Crippen LogP contribution < -0.4 is 0 Å². The Labute approximate surface area is 128 Å². The molecule has 0 aromatic heterocycles. The molecule has 0 aromatic carbocycles. The lowest BCUT2D eigenvalue weighted by molar-refractivity contribution is -0.212. The van der Waals surface area contributed by atoms with Crippen molar-refractivity contribution in [2.75, 3.05) is 7.11 Å². The predicted octanol–water partition coefficient (Wildman–Crippen LogP) is 0.188. The molecule has 1 saturated heterocycles. The number of rotatable bonds is 1. The summed E-state index contributed by atoms with van der Waals surface area (Å²) in [4.78, 5) is 24.9. The average molecular weight is 310 g/mol. The number of esters is 1. The number of aliphatic hydroxyl groups is 2. The second kappa shape index (κ2) is 4.52. The molecule has 22 heavy (non-hydrogen) atoms. The van der Waals surface area contributed by atoms with Gasteiger partial charge < -0.3 is 19.7 Å². The number of ether oxygens (including phenoxy) is 2. The van der Waals surface area contributed by atoms with E-state index >= 15 is 0 Å². The van der Waals surface area contributed by atoms with Gasteiger partial charge in [-0.15, -0.1) is 0 Å². The fraction of sp³-hybridized carbons (Fsp3) is 0.875. The predicted molar refractivity (Wildman–Crippen MR) is 73.8 cm³/mol. The van der Waals surface area contributed by atoms with Crippen LogP contribution in [0.4, 0.5) is 0 Å². The highest BCUT2D eigenvalue weighted by atomic mass is 16.6. The summed E-state index contributed by atoms with van der Waals surface area (Å²) >= 11 is 0.